The highest BCUT2D eigenvalue weighted by Crippen LogP contribution is 2.38. The van der Waals surface area contributed by atoms with Crippen LogP contribution in [0.2, 0.25) is 5.02 Å². The van der Waals surface area contributed by atoms with Gasteiger partial charge in [-0.25, -0.2) is 4.98 Å². The maximum Gasteiger partial charge on any atom is 0.227 e. The van der Waals surface area contributed by atoms with Crippen molar-refractivity contribution in [1.29, 1.82) is 0 Å². The molecule has 2 aromatic carbocycles. The Morgan fingerprint density at radius 3 is 2.82 bits per heavy atom. The number of fused-ring (bicyclic) bond motifs is 1. The van der Waals surface area contributed by atoms with Gasteiger partial charge in [-0.05, 0) is 30.3 Å². The van der Waals surface area contributed by atoms with Crippen molar-refractivity contribution >= 4 is 34.2 Å². The molecule has 1 saturated heterocycles. The quantitative estimate of drug-likeness (QED) is 0.631. The van der Waals surface area contributed by atoms with Gasteiger partial charge in [-0.2, -0.15) is 0 Å². The maximum absolute atomic E-state index is 12.8. The SMILES string of the molecule is COCCn1c(C2CC(=O)N(c3cc(Cl)ccc3OC)C2)nc2ccccc21. The topological polar surface area (TPSA) is 56.6 Å². The fourth-order valence-electron chi connectivity index (χ4n) is 3.81. The first-order valence-electron chi connectivity index (χ1n) is 9.20. The maximum atomic E-state index is 12.8. The van der Waals surface area contributed by atoms with Gasteiger partial charge < -0.3 is 18.9 Å². The molecule has 0 spiro atoms. The van der Waals surface area contributed by atoms with Crippen LogP contribution in [-0.2, 0) is 16.1 Å². The minimum absolute atomic E-state index is 0.0135. The molecule has 0 radical (unpaired) electrons. The summed E-state index contributed by atoms with van der Waals surface area (Å²) in [5.74, 6) is 1.57. The van der Waals surface area contributed by atoms with E-state index in [1.165, 1.54) is 0 Å². The molecular formula is C21H22ClN3O3. The van der Waals surface area contributed by atoms with Gasteiger partial charge in [0.1, 0.15) is 11.6 Å². The molecule has 4 rings (SSSR count). The van der Waals surface area contributed by atoms with E-state index in [0.717, 1.165) is 16.9 Å². The van der Waals surface area contributed by atoms with Gasteiger partial charge in [-0.3, -0.25) is 4.79 Å². The monoisotopic (exact) mass is 399 g/mol. The van der Waals surface area contributed by atoms with Crippen molar-refractivity contribution in [3.63, 3.8) is 0 Å². The van der Waals surface area contributed by atoms with E-state index in [4.69, 9.17) is 26.1 Å². The Morgan fingerprint density at radius 2 is 2.04 bits per heavy atom. The molecule has 0 bridgehead atoms. The number of rotatable bonds is 6. The lowest BCUT2D eigenvalue weighted by atomic mass is 10.1. The molecule has 3 aromatic rings. The van der Waals surface area contributed by atoms with Gasteiger partial charge in [0.25, 0.3) is 0 Å². The predicted molar refractivity (Wildman–Crippen MR) is 109 cm³/mol. The standard InChI is InChI=1S/C21H22ClN3O3/c1-27-10-9-24-17-6-4-3-5-16(17)23-21(24)14-11-20(26)25(13-14)18-12-15(22)7-8-19(18)28-2/h3-8,12,14H,9-11,13H2,1-2H3. The molecule has 1 aliphatic rings. The molecule has 1 fully saturated rings. The van der Waals surface area contributed by atoms with Crippen molar-refractivity contribution in [2.24, 2.45) is 0 Å². The molecule has 0 N–H and O–H groups in total. The molecule has 1 atom stereocenters. The molecule has 146 valence electrons. The Labute approximate surface area is 168 Å². The smallest absolute Gasteiger partial charge is 0.227 e. The first-order valence-corrected chi connectivity index (χ1v) is 9.58. The molecular weight excluding hydrogens is 378 g/mol. The van der Waals surface area contributed by atoms with Crippen LogP contribution in [0.25, 0.3) is 11.0 Å². The Balaban J connectivity index is 1.70. The van der Waals surface area contributed by atoms with E-state index in [2.05, 4.69) is 10.6 Å². The number of benzene rings is 2. The van der Waals surface area contributed by atoms with E-state index in [9.17, 15) is 4.79 Å². The summed E-state index contributed by atoms with van der Waals surface area (Å²) in [5, 5.41) is 0.569. The van der Waals surface area contributed by atoms with Crippen LogP contribution in [0.5, 0.6) is 5.75 Å². The molecule has 1 unspecified atom stereocenters. The zero-order valence-corrected chi connectivity index (χ0v) is 16.6. The Morgan fingerprint density at radius 1 is 1.21 bits per heavy atom. The van der Waals surface area contributed by atoms with E-state index in [1.54, 1.807) is 37.3 Å². The van der Waals surface area contributed by atoms with Crippen LogP contribution >= 0.6 is 11.6 Å². The van der Waals surface area contributed by atoms with Gasteiger partial charge in [-0.15, -0.1) is 0 Å². The number of anilines is 1. The van der Waals surface area contributed by atoms with Crippen molar-refractivity contribution in [2.45, 2.75) is 18.9 Å². The van der Waals surface area contributed by atoms with E-state index in [0.29, 0.717) is 42.6 Å². The highest BCUT2D eigenvalue weighted by molar-refractivity contribution is 6.31. The lowest BCUT2D eigenvalue weighted by molar-refractivity contribution is -0.117. The van der Waals surface area contributed by atoms with Gasteiger partial charge in [-0.1, -0.05) is 23.7 Å². The van der Waals surface area contributed by atoms with E-state index in [-0.39, 0.29) is 11.8 Å². The number of nitrogens with zero attached hydrogens (tertiary/aromatic N) is 3. The number of ether oxygens (including phenoxy) is 2. The fourth-order valence-corrected chi connectivity index (χ4v) is 3.98. The fraction of sp³-hybridized carbons (Fsp3) is 0.333. The summed E-state index contributed by atoms with van der Waals surface area (Å²) < 4.78 is 12.9. The molecule has 7 heteroatoms. The molecule has 6 nitrogen and oxygen atoms in total. The van der Waals surface area contributed by atoms with Crippen LogP contribution in [0.15, 0.2) is 42.5 Å². The van der Waals surface area contributed by atoms with Crippen molar-refractivity contribution in [3.8, 4) is 5.75 Å². The number of amides is 1. The lowest BCUT2D eigenvalue weighted by Crippen LogP contribution is -2.25. The first kappa shape index (κ1) is 18.8. The van der Waals surface area contributed by atoms with Crippen LogP contribution in [-0.4, -0.2) is 42.8 Å². The van der Waals surface area contributed by atoms with Crippen LogP contribution < -0.4 is 9.64 Å². The second-order valence-corrected chi connectivity index (χ2v) is 7.26. The minimum Gasteiger partial charge on any atom is -0.495 e. The average Bonchev–Trinajstić information content (AvgIpc) is 3.26. The third kappa shape index (κ3) is 3.34. The van der Waals surface area contributed by atoms with Crippen molar-refractivity contribution in [3.05, 3.63) is 53.3 Å². The zero-order valence-electron chi connectivity index (χ0n) is 15.9. The largest absolute Gasteiger partial charge is 0.495 e. The number of methoxy groups -OCH3 is 2. The summed E-state index contributed by atoms with van der Waals surface area (Å²) >= 11 is 6.17. The number of carbonyl (C=O) groups is 1. The summed E-state index contributed by atoms with van der Waals surface area (Å²) in [5.41, 5.74) is 2.68. The number of halogens is 1. The highest BCUT2D eigenvalue weighted by Gasteiger charge is 2.36. The van der Waals surface area contributed by atoms with Crippen molar-refractivity contribution in [1.82, 2.24) is 9.55 Å². The molecule has 1 aromatic heterocycles. The molecule has 0 saturated carbocycles. The zero-order chi connectivity index (χ0) is 19.7. The molecule has 0 aliphatic carbocycles. The number of carbonyl (C=O) groups excluding carboxylic acids is 1. The van der Waals surface area contributed by atoms with Gasteiger partial charge in [0.05, 0.1) is 30.4 Å². The number of aromatic nitrogens is 2. The summed E-state index contributed by atoms with van der Waals surface area (Å²) in [6, 6.07) is 13.3. The second kappa shape index (κ2) is 7.81. The summed E-state index contributed by atoms with van der Waals surface area (Å²) in [4.78, 5) is 19.4. The van der Waals surface area contributed by atoms with E-state index in [1.807, 2.05) is 18.2 Å². The molecule has 1 aliphatic heterocycles. The molecule has 1 amide bonds. The number of imidazole rings is 1. The normalized spacial score (nSPS) is 16.9. The molecule has 2 heterocycles. The third-order valence-corrected chi connectivity index (χ3v) is 5.36. The summed E-state index contributed by atoms with van der Waals surface area (Å²) in [7, 11) is 3.28. The van der Waals surface area contributed by atoms with Gasteiger partial charge >= 0.3 is 0 Å². The van der Waals surface area contributed by atoms with Crippen LogP contribution in [0, 0.1) is 0 Å². The average molecular weight is 400 g/mol. The van der Waals surface area contributed by atoms with Gasteiger partial charge in [0.15, 0.2) is 0 Å². The summed E-state index contributed by atoms with van der Waals surface area (Å²) in [6.45, 7) is 1.81. The molecule has 28 heavy (non-hydrogen) atoms. The Bertz CT molecular complexity index is 1020. The lowest BCUT2D eigenvalue weighted by Gasteiger charge is -2.20. The van der Waals surface area contributed by atoms with Crippen molar-refractivity contribution < 1.29 is 14.3 Å². The first-order chi connectivity index (χ1) is 13.6. The summed E-state index contributed by atoms with van der Waals surface area (Å²) in [6.07, 6.45) is 0.395. The Kier molecular flexibility index (Phi) is 5.24. The highest BCUT2D eigenvalue weighted by atomic mass is 35.5. The van der Waals surface area contributed by atoms with Crippen LogP contribution in [0.3, 0.4) is 0 Å². The number of hydrogen-bond acceptors (Lipinski definition) is 4. The van der Waals surface area contributed by atoms with Crippen LogP contribution in [0.1, 0.15) is 18.2 Å². The second-order valence-electron chi connectivity index (χ2n) is 6.82. The predicted octanol–water partition coefficient (Wildman–Crippen LogP) is 3.87. The number of hydrogen-bond donors (Lipinski definition) is 0. The van der Waals surface area contributed by atoms with E-state index >= 15 is 0 Å². The van der Waals surface area contributed by atoms with Gasteiger partial charge in [0.2, 0.25) is 5.91 Å². The van der Waals surface area contributed by atoms with Gasteiger partial charge in [0, 0.05) is 37.6 Å². The third-order valence-electron chi connectivity index (χ3n) is 5.12. The number of para-hydroxylation sites is 2. The minimum atomic E-state index is -0.0135. The van der Waals surface area contributed by atoms with Crippen molar-refractivity contribution in [2.75, 3.05) is 32.3 Å². The van der Waals surface area contributed by atoms with E-state index < -0.39 is 0 Å². The Hall–Kier alpha value is -2.57. The van der Waals surface area contributed by atoms with Crippen LogP contribution in [0.4, 0.5) is 5.69 Å².